The van der Waals surface area contributed by atoms with E-state index < -0.39 is 0 Å². The molecule has 5 nitrogen and oxygen atoms in total. The summed E-state index contributed by atoms with van der Waals surface area (Å²) in [5.41, 5.74) is 3.27. The topological polar surface area (TPSA) is 61.4 Å². The van der Waals surface area contributed by atoms with Gasteiger partial charge >= 0.3 is 0 Å². The minimum Gasteiger partial charge on any atom is -0.324 e. The van der Waals surface area contributed by atoms with Gasteiger partial charge in [0.05, 0.1) is 10.9 Å². The molecule has 2 heterocycles. The smallest absolute Gasteiger partial charge is 0.255 e. The van der Waals surface area contributed by atoms with E-state index in [9.17, 15) is 9.59 Å². The lowest BCUT2D eigenvalue weighted by Gasteiger charge is -2.21. The van der Waals surface area contributed by atoms with Crippen LogP contribution in [0.15, 0.2) is 47.4 Å². The first-order chi connectivity index (χ1) is 13.1. The Morgan fingerprint density at radius 3 is 2.67 bits per heavy atom. The maximum Gasteiger partial charge on any atom is 0.255 e. The second-order valence-corrected chi connectivity index (χ2v) is 8.48. The zero-order valence-electron chi connectivity index (χ0n) is 15.3. The first kappa shape index (κ1) is 18.1. The predicted octanol–water partition coefficient (Wildman–Crippen LogP) is 3.97. The number of likely N-dealkylation sites (tertiary alicyclic amines) is 1. The van der Waals surface area contributed by atoms with Crippen molar-refractivity contribution in [2.24, 2.45) is 0 Å². The molecule has 1 unspecified atom stereocenters. The van der Waals surface area contributed by atoms with E-state index in [2.05, 4.69) is 27.7 Å². The van der Waals surface area contributed by atoms with Gasteiger partial charge < -0.3 is 10.6 Å². The second-order valence-electron chi connectivity index (χ2n) is 7.09. The van der Waals surface area contributed by atoms with E-state index in [0.29, 0.717) is 11.3 Å². The fraction of sp³-hybridized carbons (Fsp3) is 0.333. The largest absolute Gasteiger partial charge is 0.324 e. The van der Waals surface area contributed by atoms with E-state index >= 15 is 0 Å². The fourth-order valence-corrected chi connectivity index (χ4v) is 4.38. The molecule has 0 spiro atoms. The van der Waals surface area contributed by atoms with Gasteiger partial charge in [0.2, 0.25) is 5.91 Å². The third-order valence-electron chi connectivity index (χ3n) is 4.99. The Labute approximate surface area is 163 Å². The molecule has 2 amide bonds. The van der Waals surface area contributed by atoms with Crippen LogP contribution in [0.25, 0.3) is 0 Å². The molecule has 1 saturated heterocycles. The highest BCUT2D eigenvalue weighted by Crippen LogP contribution is 2.36. The van der Waals surface area contributed by atoms with Crippen LogP contribution in [0.4, 0.5) is 11.4 Å². The molecule has 1 atom stereocenters. The summed E-state index contributed by atoms with van der Waals surface area (Å²) in [6.07, 6.45) is 2.57. The van der Waals surface area contributed by atoms with Crippen LogP contribution in [0.2, 0.25) is 0 Å². The van der Waals surface area contributed by atoms with E-state index in [1.807, 2.05) is 25.1 Å². The first-order valence-electron chi connectivity index (χ1n) is 9.33. The molecule has 2 N–H and O–H groups in total. The summed E-state index contributed by atoms with van der Waals surface area (Å²) >= 11 is 1.51. The van der Waals surface area contributed by atoms with Crippen LogP contribution in [0.3, 0.4) is 0 Å². The average molecular weight is 382 g/mol. The summed E-state index contributed by atoms with van der Waals surface area (Å²) in [7, 11) is 0. The quantitative estimate of drug-likeness (QED) is 0.841. The number of carbonyl (C=O) groups is 2. The molecule has 2 aromatic carbocycles. The highest BCUT2D eigenvalue weighted by molar-refractivity contribution is 8.00. The van der Waals surface area contributed by atoms with Crippen molar-refractivity contribution >= 4 is 35.0 Å². The second kappa shape index (κ2) is 7.74. The molecule has 0 saturated carbocycles. The van der Waals surface area contributed by atoms with Crippen molar-refractivity contribution in [3.8, 4) is 0 Å². The summed E-state index contributed by atoms with van der Waals surface area (Å²) in [4.78, 5) is 27.9. The van der Waals surface area contributed by atoms with Crippen LogP contribution in [0.1, 0.15) is 35.7 Å². The Hall–Kier alpha value is -2.31. The SMILES string of the molecule is CC1Sc2ccc(C(=O)Nc3ccc(CN4CCCC4)cc3)cc2NC1=O. The van der Waals surface area contributed by atoms with Crippen LogP contribution in [-0.2, 0) is 11.3 Å². The number of thioether (sulfide) groups is 1. The molecule has 0 aliphatic carbocycles. The number of rotatable bonds is 4. The van der Waals surface area contributed by atoms with Gasteiger partial charge in [-0.3, -0.25) is 14.5 Å². The Bertz CT molecular complexity index is 860. The fourth-order valence-electron chi connectivity index (χ4n) is 3.45. The molecule has 0 bridgehead atoms. The molecular weight excluding hydrogens is 358 g/mol. The van der Waals surface area contributed by atoms with Crippen molar-refractivity contribution in [1.82, 2.24) is 4.90 Å². The Kier molecular flexibility index (Phi) is 5.18. The number of hydrogen-bond acceptors (Lipinski definition) is 4. The Morgan fingerprint density at radius 1 is 1.19 bits per heavy atom. The maximum absolute atomic E-state index is 12.6. The van der Waals surface area contributed by atoms with E-state index in [1.54, 1.807) is 12.1 Å². The predicted molar refractivity (Wildman–Crippen MR) is 109 cm³/mol. The lowest BCUT2D eigenvalue weighted by molar-refractivity contribution is -0.115. The van der Waals surface area contributed by atoms with Gasteiger partial charge in [0.15, 0.2) is 0 Å². The molecular formula is C21H23N3O2S. The Morgan fingerprint density at radius 2 is 1.93 bits per heavy atom. The molecule has 0 radical (unpaired) electrons. The van der Waals surface area contributed by atoms with Crippen LogP contribution >= 0.6 is 11.8 Å². The van der Waals surface area contributed by atoms with E-state index in [1.165, 1.54) is 43.3 Å². The summed E-state index contributed by atoms with van der Waals surface area (Å²) in [6.45, 7) is 5.18. The number of carbonyl (C=O) groups excluding carboxylic acids is 2. The van der Waals surface area contributed by atoms with Gasteiger partial charge in [-0.15, -0.1) is 11.8 Å². The van der Waals surface area contributed by atoms with Crippen molar-refractivity contribution in [1.29, 1.82) is 0 Å². The molecule has 2 aliphatic rings. The van der Waals surface area contributed by atoms with Gasteiger partial charge in [-0.25, -0.2) is 0 Å². The summed E-state index contributed by atoms with van der Waals surface area (Å²) in [6, 6.07) is 13.5. The minimum absolute atomic E-state index is 0.0290. The van der Waals surface area contributed by atoms with Gasteiger partial charge in [-0.2, -0.15) is 0 Å². The third-order valence-corrected chi connectivity index (χ3v) is 6.17. The standard InChI is InChI=1S/C21H23N3O2S/c1-14-20(25)23-18-12-16(6-9-19(18)27-14)21(26)22-17-7-4-15(5-8-17)13-24-10-2-3-11-24/h4-9,12,14H,2-3,10-11,13H2,1H3,(H,22,26)(H,23,25). The summed E-state index contributed by atoms with van der Waals surface area (Å²) in [5.74, 6) is -0.207. The Balaban J connectivity index is 1.41. The molecule has 4 rings (SSSR count). The third kappa shape index (κ3) is 4.17. The van der Waals surface area contributed by atoms with Crippen molar-refractivity contribution in [2.45, 2.75) is 36.5 Å². The maximum atomic E-state index is 12.6. The number of amides is 2. The van der Waals surface area contributed by atoms with Crippen molar-refractivity contribution in [2.75, 3.05) is 23.7 Å². The van der Waals surface area contributed by atoms with Gasteiger partial charge in [0.25, 0.3) is 5.91 Å². The highest BCUT2D eigenvalue weighted by atomic mass is 32.2. The van der Waals surface area contributed by atoms with Crippen molar-refractivity contribution < 1.29 is 9.59 Å². The number of nitrogens with one attached hydrogen (secondary N) is 2. The van der Waals surface area contributed by atoms with Gasteiger partial charge in [0, 0.05) is 22.7 Å². The van der Waals surface area contributed by atoms with E-state index in [0.717, 1.165) is 17.1 Å². The number of benzene rings is 2. The summed E-state index contributed by atoms with van der Waals surface area (Å²) < 4.78 is 0. The zero-order valence-corrected chi connectivity index (χ0v) is 16.1. The molecule has 6 heteroatoms. The van der Waals surface area contributed by atoms with Crippen LogP contribution < -0.4 is 10.6 Å². The zero-order chi connectivity index (χ0) is 18.8. The van der Waals surface area contributed by atoms with Crippen LogP contribution in [0, 0.1) is 0 Å². The minimum atomic E-state index is -0.178. The normalized spacial score (nSPS) is 19.4. The van der Waals surface area contributed by atoms with E-state index in [-0.39, 0.29) is 17.1 Å². The molecule has 2 aromatic rings. The lowest BCUT2D eigenvalue weighted by atomic mass is 10.1. The van der Waals surface area contributed by atoms with Crippen molar-refractivity contribution in [3.63, 3.8) is 0 Å². The monoisotopic (exact) mass is 381 g/mol. The first-order valence-corrected chi connectivity index (χ1v) is 10.2. The van der Waals surface area contributed by atoms with Crippen LogP contribution in [-0.4, -0.2) is 35.1 Å². The van der Waals surface area contributed by atoms with Gasteiger partial charge in [0.1, 0.15) is 0 Å². The van der Waals surface area contributed by atoms with E-state index in [4.69, 9.17) is 0 Å². The van der Waals surface area contributed by atoms with Gasteiger partial charge in [-0.1, -0.05) is 12.1 Å². The number of nitrogens with zero attached hydrogens (tertiary/aromatic N) is 1. The molecule has 27 heavy (non-hydrogen) atoms. The molecule has 2 aliphatic heterocycles. The summed E-state index contributed by atoms with van der Waals surface area (Å²) in [5, 5.41) is 5.69. The highest BCUT2D eigenvalue weighted by Gasteiger charge is 2.23. The molecule has 1 fully saturated rings. The molecule has 140 valence electrons. The number of fused-ring (bicyclic) bond motifs is 1. The average Bonchev–Trinajstić information content (AvgIpc) is 3.17. The lowest BCUT2D eigenvalue weighted by Crippen LogP contribution is -2.26. The van der Waals surface area contributed by atoms with Crippen LogP contribution in [0.5, 0.6) is 0 Å². The van der Waals surface area contributed by atoms with Gasteiger partial charge in [-0.05, 0) is 68.8 Å². The molecule has 0 aromatic heterocycles. The number of hydrogen-bond donors (Lipinski definition) is 2. The number of anilines is 2. The van der Waals surface area contributed by atoms with Crippen molar-refractivity contribution in [3.05, 3.63) is 53.6 Å².